The zero-order valence-electron chi connectivity index (χ0n) is 17.7. The van der Waals surface area contributed by atoms with Gasteiger partial charge >= 0.3 is 0 Å². The van der Waals surface area contributed by atoms with Gasteiger partial charge in [-0.3, -0.25) is 9.36 Å². The number of nitrogens with one attached hydrogen (secondary N) is 1. The molecule has 2 aliphatic rings. The number of morpholine rings is 1. The van der Waals surface area contributed by atoms with E-state index in [-0.39, 0.29) is 11.2 Å². The van der Waals surface area contributed by atoms with E-state index in [4.69, 9.17) is 4.74 Å². The van der Waals surface area contributed by atoms with Crippen LogP contribution in [0.3, 0.4) is 0 Å². The van der Waals surface area contributed by atoms with E-state index in [1.54, 1.807) is 0 Å². The van der Waals surface area contributed by atoms with Crippen LogP contribution in [0.15, 0.2) is 5.16 Å². The summed E-state index contributed by atoms with van der Waals surface area (Å²) < 4.78 is 7.64. The van der Waals surface area contributed by atoms with Crippen molar-refractivity contribution in [1.29, 1.82) is 0 Å². The number of hydrogen-bond acceptors (Lipinski definition) is 6. The van der Waals surface area contributed by atoms with Crippen molar-refractivity contribution in [1.82, 2.24) is 20.1 Å². The van der Waals surface area contributed by atoms with Crippen molar-refractivity contribution in [3.63, 3.8) is 0 Å². The van der Waals surface area contributed by atoms with Crippen LogP contribution in [0.1, 0.15) is 53.4 Å². The maximum Gasteiger partial charge on any atom is 0.233 e. The highest BCUT2D eigenvalue weighted by atomic mass is 32.2. The molecule has 1 saturated carbocycles. The molecule has 1 saturated heterocycles. The minimum Gasteiger partial charge on any atom is -0.378 e. The number of thioether (sulfide) groups is 1. The van der Waals surface area contributed by atoms with Crippen LogP contribution in [-0.4, -0.2) is 58.3 Å². The lowest BCUT2D eigenvalue weighted by Crippen LogP contribution is -2.44. The van der Waals surface area contributed by atoms with Crippen molar-refractivity contribution < 1.29 is 9.53 Å². The Hall–Kier alpha value is -1.28. The first kappa shape index (κ1) is 21.4. The smallest absolute Gasteiger partial charge is 0.233 e. The Morgan fingerprint density at radius 3 is 2.61 bits per heavy atom. The number of rotatable bonds is 7. The lowest BCUT2D eigenvalue weighted by atomic mass is 9.86. The van der Waals surface area contributed by atoms with Gasteiger partial charge in [0.1, 0.15) is 0 Å². The molecule has 1 aromatic rings. The first-order valence-corrected chi connectivity index (χ1v) is 11.6. The summed E-state index contributed by atoms with van der Waals surface area (Å²) in [4.78, 5) is 15.0. The number of ether oxygens (including phenoxy) is 1. The predicted molar refractivity (Wildman–Crippen MR) is 113 cm³/mol. The van der Waals surface area contributed by atoms with Crippen molar-refractivity contribution in [2.75, 3.05) is 31.2 Å². The van der Waals surface area contributed by atoms with Crippen LogP contribution >= 0.6 is 11.8 Å². The summed E-state index contributed by atoms with van der Waals surface area (Å²) in [6, 6.07) is 0.307. The van der Waals surface area contributed by atoms with Crippen molar-refractivity contribution in [3.8, 4) is 0 Å². The summed E-state index contributed by atoms with van der Waals surface area (Å²) >= 11 is 1.51. The predicted octanol–water partition coefficient (Wildman–Crippen LogP) is 2.95. The molecule has 1 aromatic heterocycles. The molecule has 3 unspecified atom stereocenters. The lowest BCUT2D eigenvalue weighted by molar-refractivity contribution is -0.121. The number of hydrogen-bond donors (Lipinski definition) is 1. The van der Waals surface area contributed by atoms with E-state index >= 15 is 0 Å². The summed E-state index contributed by atoms with van der Waals surface area (Å²) in [6.45, 7) is 12.5. The fourth-order valence-electron chi connectivity index (χ4n) is 3.93. The highest BCUT2D eigenvalue weighted by Crippen LogP contribution is 2.28. The standard InChI is InChI=1S/C20H35N5O2S/c1-14(2)13-25-19(24-9-11-27-12-10-24)22-23-20(25)28-16(4)18(26)21-17-8-6-5-7-15(17)3/h14-17H,5-13H2,1-4H3,(H,21,26). The molecule has 7 nitrogen and oxygen atoms in total. The lowest BCUT2D eigenvalue weighted by Gasteiger charge is -2.30. The van der Waals surface area contributed by atoms with Crippen LogP contribution in [0.4, 0.5) is 5.95 Å². The third-order valence-electron chi connectivity index (χ3n) is 5.63. The Balaban J connectivity index is 1.67. The number of anilines is 1. The van der Waals surface area contributed by atoms with Crippen molar-refractivity contribution in [2.45, 2.75) is 76.4 Å². The molecule has 0 bridgehead atoms. The average Bonchev–Trinajstić information content (AvgIpc) is 3.06. The number of aromatic nitrogens is 3. The quantitative estimate of drug-likeness (QED) is 0.698. The van der Waals surface area contributed by atoms with E-state index in [1.807, 2.05) is 6.92 Å². The van der Waals surface area contributed by atoms with Crippen molar-refractivity contribution in [3.05, 3.63) is 0 Å². The fourth-order valence-corrected chi connectivity index (χ4v) is 4.80. The summed E-state index contributed by atoms with van der Waals surface area (Å²) in [5.74, 6) is 2.04. The Bertz CT molecular complexity index is 645. The van der Waals surface area contributed by atoms with Crippen LogP contribution in [0.5, 0.6) is 0 Å². The molecule has 0 spiro atoms. The van der Waals surface area contributed by atoms with Gasteiger partial charge in [-0.25, -0.2) is 0 Å². The SMILES string of the molecule is CC(C)Cn1c(SC(C)C(=O)NC2CCCCC2C)nnc1N1CCOCC1. The first-order valence-electron chi connectivity index (χ1n) is 10.7. The molecular weight excluding hydrogens is 374 g/mol. The van der Waals surface area contributed by atoms with Gasteiger partial charge in [-0.05, 0) is 31.6 Å². The molecule has 0 radical (unpaired) electrons. The van der Waals surface area contributed by atoms with Crippen LogP contribution < -0.4 is 10.2 Å². The molecule has 2 fully saturated rings. The van der Waals surface area contributed by atoms with E-state index in [0.29, 0.717) is 17.9 Å². The van der Waals surface area contributed by atoms with Gasteiger partial charge in [0.05, 0.1) is 18.5 Å². The van der Waals surface area contributed by atoms with E-state index in [0.717, 1.165) is 50.4 Å². The van der Waals surface area contributed by atoms with E-state index in [2.05, 4.69) is 45.8 Å². The van der Waals surface area contributed by atoms with E-state index in [1.165, 1.54) is 31.0 Å². The van der Waals surface area contributed by atoms with Crippen molar-refractivity contribution >= 4 is 23.6 Å². The second-order valence-corrected chi connectivity index (χ2v) is 9.83. The minimum absolute atomic E-state index is 0.107. The zero-order chi connectivity index (χ0) is 20.1. The molecule has 2 heterocycles. The number of amides is 1. The third kappa shape index (κ3) is 5.41. The van der Waals surface area contributed by atoms with Gasteiger partial charge in [-0.2, -0.15) is 0 Å². The monoisotopic (exact) mass is 409 g/mol. The Morgan fingerprint density at radius 1 is 1.21 bits per heavy atom. The van der Waals surface area contributed by atoms with Crippen LogP contribution in [0, 0.1) is 11.8 Å². The molecule has 158 valence electrons. The molecule has 1 aliphatic heterocycles. The summed E-state index contributed by atoms with van der Waals surface area (Å²) in [5.41, 5.74) is 0. The average molecular weight is 410 g/mol. The fraction of sp³-hybridized carbons (Fsp3) is 0.850. The Morgan fingerprint density at radius 2 is 1.93 bits per heavy atom. The van der Waals surface area contributed by atoms with Crippen LogP contribution in [0.25, 0.3) is 0 Å². The number of carbonyl (C=O) groups excluding carboxylic acids is 1. The van der Waals surface area contributed by atoms with Gasteiger partial charge in [0, 0.05) is 25.7 Å². The van der Waals surface area contributed by atoms with Gasteiger partial charge in [0.25, 0.3) is 0 Å². The molecule has 1 amide bonds. The molecular formula is C20H35N5O2S. The zero-order valence-corrected chi connectivity index (χ0v) is 18.5. The maximum absolute atomic E-state index is 12.8. The minimum atomic E-state index is -0.193. The van der Waals surface area contributed by atoms with Gasteiger partial charge in [-0.15, -0.1) is 10.2 Å². The Labute approximate surface area is 173 Å². The van der Waals surface area contributed by atoms with Gasteiger partial charge in [0.2, 0.25) is 11.9 Å². The maximum atomic E-state index is 12.8. The third-order valence-corrected chi connectivity index (χ3v) is 6.71. The summed E-state index contributed by atoms with van der Waals surface area (Å²) in [6.07, 6.45) is 4.79. The molecule has 3 atom stereocenters. The van der Waals surface area contributed by atoms with Crippen LogP contribution in [-0.2, 0) is 16.1 Å². The molecule has 28 heavy (non-hydrogen) atoms. The van der Waals surface area contributed by atoms with E-state index < -0.39 is 0 Å². The van der Waals surface area contributed by atoms with Crippen LogP contribution in [0.2, 0.25) is 0 Å². The highest BCUT2D eigenvalue weighted by Gasteiger charge is 2.27. The molecule has 8 heteroatoms. The normalized spacial score (nSPS) is 24.4. The van der Waals surface area contributed by atoms with Gasteiger partial charge < -0.3 is 15.0 Å². The topological polar surface area (TPSA) is 72.3 Å². The summed E-state index contributed by atoms with van der Waals surface area (Å²) in [5, 5.41) is 12.8. The Kier molecular flexibility index (Phi) is 7.62. The van der Waals surface area contributed by atoms with E-state index in [9.17, 15) is 4.79 Å². The number of carbonyl (C=O) groups is 1. The first-order chi connectivity index (χ1) is 13.5. The molecule has 1 aliphatic carbocycles. The van der Waals surface area contributed by atoms with Crippen molar-refractivity contribution in [2.24, 2.45) is 11.8 Å². The second kappa shape index (κ2) is 9.96. The second-order valence-electron chi connectivity index (χ2n) is 8.52. The molecule has 1 N–H and O–H groups in total. The highest BCUT2D eigenvalue weighted by molar-refractivity contribution is 8.00. The largest absolute Gasteiger partial charge is 0.378 e. The summed E-state index contributed by atoms with van der Waals surface area (Å²) in [7, 11) is 0. The number of nitrogens with zero attached hydrogens (tertiary/aromatic N) is 4. The van der Waals surface area contributed by atoms with Gasteiger partial charge in [-0.1, -0.05) is 45.4 Å². The molecule has 0 aromatic carbocycles. The van der Waals surface area contributed by atoms with Gasteiger partial charge in [0.15, 0.2) is 5.16 Å². The molecule has 3 rings (SSSR count).